The van der Waals surface area contributed by atoms with Crippen molar-refractivity contribution in [2.75, 3.05) is 6.61 Å². The summed E-state index contributed by atoms with van der Waals surface area (Å²) in [7, 11) is 0. The van der Waals surface area contributed by atoms with E-state index in [0.29, 0.717) is 5.75 Å². The third kappa shape index (κ3) is 4.51. The number of nitrogens with one attached hydrogen (secondary N) is 1. The molecule has 3 aromatic rings. The minimum absolute atomic E-state index is 0.0152. The third-order valence-electron chi connectivity index (χ3n) is 4.42. The maximum atomic E-state index is 12.5. The minimum atomic E-state index is -0.201. The molecule has 0 aromatic heterocycles. The van der Waals surface area contributed by atoms with E-state index in [9.17, 15) is 4.79 Å². The summed E-state index contributed by atoms with van der Waals surface area (Å²) < 4.78 is 5.66. The van der Waals surface area contributed by atoms with E-state index < -0.39 is 0 Å². The standard InChI is InChI=1S/C23H23NO2/c1-17-13-14-21(15-18(17)2)26-16-22(25)24-23(19-9-5-3-6-10-19)20-11-7-4-8-12-20/h3-15,23H,16H2,1-2H3,(H,24,25). The van der Waals surface area contributed by atoms with Crippen molar-refractivity contribution in [2.24, 2.45) is 0 Å². The molecule has 26 heavy (non-hydrogen) atoms. The zero-order valence-corrected chi connectivity index (χ0v) is 15.1. The van der Waals surface area contributed by atoms with Crippen LogP contribution in [0.5, 0.6) is 5.75 Å². The molecule has 0 fully saturated rings. The van der Waals surface area contributed by atoms with E-state index in [0.717, 1.165) is 16.7 Å². The second-order valence-electron chi connectivity index (χ2n) is 6.36. The highest BCUT2D eigenvalue weighted by Crippen LogP contribution is 2.22. The first-order valence-electron chi connectivity index (χ1n) is 8.73. The van der Waals surface area contributed by atoms with Gasteiger partial charge in [0.2, 0.25) is 0 Å². The molecule has 0 aliphatic rings. The lowest BCUT2D eigenvalue weighted by molar-refractivity contribution is -0.123. The molecule has 0 atom stereocenters. The van der Waals surface area contributed by atoms with Crippen molar-refractivity contribution in [2.45, 2.75) is 19.9 Å². The van der Waals surface area contributed by atoms with Gasteiger partial charge >= 0.3 is 0 Å². The first kappa shape index (κ1) is 17.7. The summed E-state index contributed by atoms with van der Waals surface area (Å²) in [6.07, 6.45) is 0. The summed E-state index contributed by atoms with van der Waals surface area (Å²) in [6.45, 7) is 4.07. The zero-order valence-electron chi connectivity index (χ0n) is 15.1. The number of hydrogen-bond donors (Lipinski definition) is 1. The van der Waals surface area contributed by atoms with Crippen LogP contribution in [0.15, 0.2) is 78.9 Å². The van der Waals surface area contributed by atoms with Crippen LogP contribution in [0.1, 0.15) is 28.3 Å². The van der Waals surface area contributed by atoms with E-state index in [1.807, 2.05) is 85.8 Å². The molecule has 0 aliphatic heterocycles. The van der Waals surface area contributed by atoms with E-state index in [1.165, 1.54) is 5.56 Å². The van der Waals surface area contributed by atoms with Crippen molar-refractivity contribution in [3.63, 3.8) is 0 Å². The Labute approximate surface area is 154 Å². The van der Waals surface area contributed by atoms with E-state index in [4.69, 9.17) is 4.74 Å². The predicted octanol–water partition coefficient (Wildman–Crippen LogP) is 4.59. The van der Waals surface area contributed by atoms with Gasteiger partial charge in [-0.15, -0.1) is 0 Å². The lowest BCUT2D eigenvalue weighted by Gasteiger charge is -2.20. The number of carbonyl (C=O) groups is 1. The molecule has 0 unspecified atom stereocenters. The Balaban J connectivity index is 1.70. The van der Waals surface area contributed by atoms with Crippen LogP contribution in [-0.2, 0) is 4.79 Å². The van der Waals surface area contributed by atoms with Crippen LogP contribution in [0, 0.1) is 13.8 Å². The fourth-order valence-electron chi connectivity index (χ4n) is 2.81. The molecule has 132 valence electrons. The summed E-state index contributed by atoms with van der Waals surface area (Å²) in [5.41, 5.74) is 4.43. The molecule has 0 radical (unpaired) electrons. The van der Waals surface area contributed by atoms with Crippen molar-refractivity contribution in [1.82, 2.24) is 5.32 Å². The summed E-state index contributed by atoms with van der Waals surface area (Å²) in [5, 5.41) is 3.08. The van der Waals surface area contributed by atoms with Gasteiger partial charge in [0.15, 0.2) is 6.61 Å². The highest BCUT2D eigenvalue weighted by Gasteiger charge is 2.16. The van der Waals surface area contributed by atoms with Gasteiger partial charge in [-0.3, -0.25) is 4.79 Å². The summed E-state index contributed by atoms with van der Waals surface area (Å²) >= 11 is 0. The van der Waals surface area contributed by atoms with Gasteiger partial charge in [0.25, 0.3) is 5.91 Å². The lowest BCUT2D eigenvalue weighted by Crippen LogP contribution is -2.33. The van der Waals surface area contributed by atoms with Crippen LogP contribution in [0.25, 0.3) is 0 Å². The maximum Gasteiger partial charge on any atom is 0.258 e. The van der Waals surface area contributed by atoms with Gasteiger partial charge in [-0.05, 0) is 48.2 Å². The molecule has 1 N–H and O–H groups in total. The molecule has 3 rings (SSSR count). The number of carbonyl (C=O) groups excluding carboxylic acids is 1. The van der Waals surface area contributed by atoms with Gasteiger partial charge in [0, 0.05) is 0 Å². The number of rotatable bonds is 6. The molecule has 3 nitrogen and oxygen atoms in total. The maximum absolute atomic E-state index is 12.5. The molecule has 3 heteroatoms. The second kappa shape index (κ2) is 8.34. The Hall–Kier alpha value is -3.07. The molecule has 0 spiro atoms. The fourth-order valence-corrected chi connectivity index (χ4v) is 2.81. The second-order valence-corrected chi connectivity index (χ2v) is 6.36. The first-order valence-corrected chi connectivity index (χ1v) is 8.73. The van der Waals surface area contributed by atoms with E-state index in [2.05, 4.69) is 12.2 Å². The molecular weight excluding hydrogens is 322 g/mol. The number of benzene rings is 3. The molecule has 1 amide bonds. The van der Waals surface area contributed by atoms with Gasteiger partial charge < -0.3 is 10.1 Å². The molecule has 0 aliphatic carbocycles. The molecule has 3 aromatic carbocycles. The van der Waals surface area contributed by atoms with Crippen LogP contribution in [0.2, 0.25) is 0 Å². The number of amides is 1. The van der Waals surface area contributed by atoms with Crippen LogP contribution in [-0.4, -0.2) is 12.5 Å². The smallest absolute Gasteiger partial charge is 0.258 e. The Morgan fingerprint density at radius 1 is 0.846 bits per heavy atom. The molecule has 0 bridgehead atoms. The Kier molecular flexibility index (Phi) is 5.69. The van der Waals surface area contributed by atoms with Crippen molar-refractivity contribution in [1.29, 1.82) is 0 Å². The van der Waals surface area contributed by atoms with Crippen molar-refractivity contribution in [3.8, 4) is 5.75 Å². The van der Waals surface area contributed by atoms with Gasteiger partial charge in [-0.1, -0.05) is 66.7 Å². The lowest BCUT2D eigenvalue weighted by atomic mass is 9.99. The Bertz CT molecular complexity index is 820. The largest absolute Gasteiger partial charge is 0.484 e. The van der Waals surface area contributed by atoms with Crippen molar-refractivity contribution in [3.05, 3.63) is 101 Å². The predicted molar refractivity (Wildman–Crippen MR) is 104 cm³/mol. The van der Waals surface area contributed by atoms with Gasteiger partial charge in [0.05, 0.1) is 6.04 Å². The van der Waals surface area contributed by atoms with E-state index >= 15 is 0 Å². The minimum Gasteiger partial charge on any atom is -0.484 e. The average Bonchev–Trinajstić information content (AvgIpc) is 2.68. The monoisotopic (exact) mass is 345 g/mol. The van der Waals surface area contributed by atoms with E-state index in [-0.39, 0.29) is 18.6 Å². The van der Waals surface area contributed by atoms with Crippen molar-refractivity contribution < 1.29 is 9.53 Å². The fraction of sp³-hybridized carbons (Fsp3) is 0.174. The highest BCUT2D eigenvalue weighted by atomic mass is 16.5. The van der Waals surface area contributed by atoms with Crippen molar-refractivity contribution >= 4 is 5.91 Å². The number of hydrogen-bond acceptors (Lipinski definition) is 2. The van der Waals surface area contributed by atoms with Gasteiger partial charge in [0.1, 0.15) is 5.75 Å². The topological polar surface area (TPSA) is 38.3 Å². The van der Waals surface area contributed by atoms with E-state index in [1.54, 1.807) is 0 Å². The summed E-state index contributed by atoms with van der Waals surface area (Å²) in [5.74, 6) is 0.556. The van der Waals surface area contributed by atoms with Gasteiger partial charge in [-0.2, -0.15) is 0 Å². The number of aryl methyl sites for hydroxylation is 2. The summed E-state index contributed by atoms with van der Waals surface area (Å²) in [4.78, 5) is 12.5. The van der Waals surface area contributed by atoms with Gasteiger partial charge in [-0.25, -0.2) is 0 Å². The van der Waals surface area contributed by atoms with Crippen LogP contribution in [0.3, 0.4) is 0 Å². The number of ether oxygens (including phenoxy) is 1. The highest BCUT2D eigenvalue weighted by molar-refractivity contribution is 5.78. The summed E-state index contributed by atoms with van der Waals surface area (Å²) in [6, 6.07) is 25.5. The normalized spacial score (nSPS) is 10.6. The SMILES string of the molecule is Cc1ccc(OCC(=O)NC(c2ccccc2)c2ccccc2)cc1C. The van der Waals surface area contributed by atoms with Crippen LogP contribution < -0.4 is 10.1 Å². The molecule has 0 saturated carbocycles. The Morgan fingerprint density at radius 3 is 1.96 bits per heavy atom. The first-order chi connectivity index (χ1) is 12.6. The quantitative estimate of drug-likeness (QED) is 0.710. The molecule has 0 heterocycles. The van der Waals surface area contributed by atoms with Crippen LogP contribution in [0.4, 0.5) is 0 Å². The average molecular weight is 345 g/mol. The van der Waals surface area contributed by atoms with Crippen LogP contribution >= 0.6 is 0 Å². The zero-order chi connectivity index (χ0) is 18.4. The Morgan fingerprint density at radius 2 is 1.42 bits per heavy atom. The third-order valence-corrected chi connectivity index (χ3v) is 4.42. The molecule has 0 saturated heterocycles. The molecular formula is C23H23NO2.